The predicted octanol–water partition coefficient (Wildman–Crippen LogP) is 3.60. The second kappa shape index (κ2) is 3.17. The second-order valence-electron chi connectivity index (χ2n) is 1.82. The van der Waals surface area contributed by atoms with Crippen LogP contribution in [0.2, 0.25) is 10.0 Å². The molecular weight excluding hydrogens is 258 g/mol. The van der Waals surface area contributed by atoms with Gasteiger partial charge in [-0.1, -0.05) is 23.2 Å². The zero-order chi connectivity index (χ0) is 8.59. The Bertz CT molecular complexity index is 277. The van der Waals surface area contributed by atoms with Gasteiger partial charge in [-0.3, -0.25) is 0 Å². The molecular formula is C6H2BrCl2FO. The fourth-order valence-corrected chi connectivity index (χ4v) is 1.41. The highest BCUT2D eigenvalue weighted by Gasteiger charge is 2.12. The first-order valence-electron chi connectivity index (χ1n) is 2.56. The van der Waals surface area contributed by atoms with Gasteiger partial charge in [-0.05, 0) is 22.0 Å². The summed E-state index contributed by atoms with van der Waals surface area (Å²) in [5, 5.41) is 9.11. The number of halogens is 4. The lowest BCUT2D eigenvalue weighted by Crippen LogP contribution is -1.80. The number of phenols is 1. The van der Waals surface area contributed by atoms with E-state index in [-0.39, 0.29) is 14.5 Å². The quantitative estimate of drug-likeness (QED) is 0.558. The summed E-state index contributed by atoms with van der Waals surface area (Å²) in [7, 11) is 0. The van der Waals surface area contributed by atoms with Crippen molar-refractivity contribution in [2.75, 3.05) is 0 Å². The summed E-state index contributed by atoms with van der Waals surface area (Å²) >= 11 is 13.9. The average Bonchev–Trinajstić information content (AvgIpc) is 1.97. The monoisotopic (exact) mass is 258 g/mol. The van der Waals surface area contributed by atoms with Gasteiger partial charge in [0.15, 0.2) is 11.6 Å². The van der Waals surface area contributed by atoms with Crippen LogP contribution in [0.25, 0.3) is 0 Å². The van der Waals surface area contributed by atoms with Gasteiger partial charge in [-0.2, -0.15) is 0 Å². The van der Waals surface area contributed by atoms with Gasteiger partial charge >= 0.3 is 0 Å². The van der Waals surface area contributed by atoms with E-state index < -0.39 is 11.6 Å². The summed E-state index contributed by atoms with van der Waals surface area (Å²) in [5.74, 6) is -1.33. The number of hydrogen-bond donors (Lipinski definition) is 1. The Morgan fingerprint density at radius 3 is 2.55 bits per heavy atom. The van der Waals surface area contributed by atoms with E-state index in [4.69, 9.17) is 28.3 Å². The fraction of sp³-hybridized carbons (Fsp3) is 0. The minimum Gasteiger partial charge on any atom is -0.504 e. The Morgan fingerprint density at radius 2 is 2.00 bits per heavy atom. The van der Waals surface area contributed by atoms with E-state index in [2.05, 4.69) is 15.9 Å². The van der Waals surface area contributed by atoms with Crippen molar-refractivity contribution in [2.24, 2.45) is 0 Å². The van der Waals surface area contributed by atoms with Crippen molar-refractivity contribution in [3.05, 3.63) is 26.4 Å². The lowest BCUT2D eigenvalue weighted by Gasteiger charge is -2.02. The molecule has 0 aliphatic heterocycles. The van der Waals surface area contributed by atoms with Gasteiger partial charge in [0.05, 0.1) is 14.5 Å². The van der Waals surface area contributed by atoms with Crippen LogP contribution in [-0.4, -0.2) is 5.11 Å². The molecule has 0 saturated heterocycles. The van der Waals surface area contributed by atoms with E-state index in [1.54, 1.807) is 0 Å². The van der Waals surface area contributed by atoms with Gasteiger partial charge in [-0.15, -0.1) is 0 Å². The first-order chi connectivity index (χ1) is 5.04. The van der Waals surface area contributed by atoms with E-state index in [0.29, 0.717) is 0 Å². The molecule has 0 aromatic heterocycles. The summed E-state index contributed by atoms with van der Waals surface area (Å²) in [5.41, 5.74) is 0. The molecule has 1 rings (SSSR count). The first kappa shape index (κ1) is 9.10. The van der Waals surface area contributed by atoms with Crippen LogP contribution in [0.5, 0.6) is 5.75 Å². The average molecular weight is 260 g/mol. The van der Waals surface area contributed by atoms with Crippen LogP contribution in [-0.2, 0) is 0 Å². The molecule has 1 aromatic rings. The maximum atomic E-state index is 12.6. The van der Waals surface area contributed by atoms with Crippen molar-refractivity contribution < 1.29 is 9.50 Å². The highest BCUT2D eigenvalue weighted by atomic mass is 79.9. The van der Waals surface area contributed by atoms with E-state index in [9.17, 15) is 4.39 Å². The van der Waals surface area contributed by atoms with Gasteiger partial charge in [-0.25, -0.2) is 4.39 Å². The number of benzene rings is 1. The van der Waals surface area contributed by atoms with Crippen molar-refractivity contribution in [3.63, 3.8) is 0 Å². The third-order valence-electron chi connectivity index (χ3n) is 1.09. The van der Waals surface area contributed by atoms with Crippen LogP contribution < -0.4 is 0 Å². The minimum absolute atomic E-state index is 0.0637. The zero-order valence-electron chi connectivity index (χ0n) is 5.04. The lowest BCUT2D eigenvalue weighted by molar-refractivity contribution is 0.429. The van der Waals surface area contributed by atoms with Crippen molar-refractivity contribution >= 4 is 39.1 Å². The Balaban J connectivity index is 3.46. The Kier molecular flexibility index (Phi) is 2.62. The van der Waals surface area contributed by atoms with Crippen LogP contribution >= 0.6 is 39.1 Å². The van der Waals surface area contributed by atoms with Crippen molar-refractivity contribution in [3.8, 4) is 5.75 Å². The van der Waals surface area contributed by atoms with E-state index in [0.717, 1.165) is 6.07 Å². The summed E-state index contributed by atoms with van der Waals surface area (Å²) in [6.07, 6.45) is 0. The molecule has 1 N–H and O–H groups in total. The Labute approximate surface area is 80.9 Å². The molecule has 0 atom stereocenters. The van der Waals surface area contributed by atoms with E-state index in [1.807, 2.05) is 0 Å². The van der Waals surface area contributed by atoms with Gasteiger partial charge in [0.1, 0.15) is 0 Å². The molecule has 1 nitrogen and oxygen atoms in total. The molecule has 0 heterocycles. The fourth-order valence-electron chi connectivity index (χ4n) is 0.557. The van der Waals surface area contributed by atoms with Crippen LogP contribution in [0.4, 0.5) is 4.39 Å². The molecule has 1 aromatic carbocycles. The molecule has 0 spiro atoms. The maximum Gasteiger partial charge on any atom is 0.167 e. The van der Waals surface area contributed by atoms with Gasteiger partial charge < -0.3 is 5.11 Å². The predicted molar refractivity (Wildman–Crippen MR) is 45.8 cm³/mol. The third kappa shape index (κ3) is 1.60. The molecule has 60 valence electrons. The molecule has 0 bridgehead atoms. The Hall–Kier alpha value is 0.01000. The van der Waals surface area contributed by atoms with E-state index in [1.165, 1.54) is 0 Å². The van der Waals surface area contributed by atoms with Crippen molar-refractivity contribution in [1.82, 2.24) is 0 Å². The molecule has 0 fully saturated rings. The lowest BCUT2D eigenvalue weighted by atomic mass is 10.3. The number of hydrogen-bond acceptors (Lipinski definition) is 1. The van der Waals surface area contributed by atoms with Crippen LogP contribution in [0.15, 0.2) is 10.5 Å². The van der Waals surface area contributed by atoms with Crippen LogP contribution in [0.3, 0.4) is 0 Å². The van der Waals surface area contributed by atoms with Crippen molar-refractivity contribution in [2.45, 2.75) is 0 Å². The van der Waals surface area contributed by atoms with Gasteiger partial charge in [0.25, 0.3) is 0 Å². The molecule has 0 aliphatic carbocycles. The summed E-state index contributed by atoms with van der Waals surface area (Å²) in [4.78, 5) is 0. The topological polar surface area (TPSA) is 20.2 Å². The number of phenolic OH excluding ortho intramolecular Hbond substituents is 1. The number of aromatic hydroxyl groups is 1. The highest BCUT2D eigenvalue weighted by Crippen LogP contribution is 2.38. The van der Waals surface area contributed by atoms with Crippen LogP contribution in [0, 0.1) is 5.82 Å². The zero-order valence-corrected chi connectivity index (χ0v) is 8.13. The normalized spacial score (nSPS) is 10.2. The van der Waals surface area contributed by atoms with Crippen molar-refractivity contribution in [1.29, 1.82) is 0 Å². The third-order valence-corrected chi connectivity index (χ3v) is 2.88. The number of rotatable bonds is 0. The second-order valence-corrected chi connectivity index (χ2v) is 3.39. The van der Waals surface area contributed by atoms with E-state index >= 15 is 0 Å². The standard InChI is InChI=1S/C6H2BrCl2FO/c7-4-5(9)2(8)1-3(10)6(4)11/h1,11H. The summed E-state index contributed by atoms with van der Waals surface area (Å²) in [6, 6.07) is 0.948. The maximum absolute atomic E-state index is 12.6. The molecule has 0 aliphatic rings. The Morgan fingerprint density at radius 1 is 1.45 bits per heavy atom. The summed E-state index contributed by atoms with van der Waals surface area (Å²) in [6.45, 7) is 0. The molecule has 11 heavy (non-hydrogen) atoms. The first-order valence-corrected chi connectivity index (χ1v) is 4.11. The SMILES string of the molecule is Oc1c(F)cc(Cl)c(Cl)c1Br. The smallest absolute Gasteiger partial charge is 0.167 e. The van der Waals surface area contributed by atoms with Gasteiger partial charge in [0.2, 0.25) is 0 Å². The van der Waals surface area contributed by atoms with Gasteiger partial charge in [0, 0.05) is 0 Å². The largest absolute Gasteiger partial charge is 0.504 e. The minimum atomic E-state index is -0.800. The molecule has 0 amide bonds. The molecule has 0 radical (unpaired) electrons. The molecule has 5 heteroatoms. The highest BCUT2D eigenvalue weighted by molar-refractivity contribution is 9.10. The molecule has 0 saturated carbocycles. The van der Waals surface area contributed by atoms with Crippen LogP contribution in [0.1, 0.15) is 0 Å². The molecule has 0 unspecified atom stereocenters. The summed E-state index contributed by atoms with van der Waals surface area (Å²) < 4.78 is 12.7.